The van der Waals surface area contributed by atoms with E-state index in [9.17, 15) is 0 Å². The SMILES string of the molecule is C=CC(=C)C(=CN(C)CC1(c2cccc(C)c2)CCCC1)OCc1ccccc1. The lowest BCUT2D eigenvalue weighted by molar-refractivity contribution is 0.197. The Morgan fingerprint density at radius 3 is 2.48 bits per heavy atom. The molecule has 1 aliphatic carbocycles. The molecular weight excluding hydrogens is 354 g/mol. The fourth-order valence-electron chi connectivity index (χ4n) is 4.34. The second-order valence-corrected chi connectivity index (χ2v) is 8.27. The van der Waals surface area contributed by atoms with Crippen LogP contribution in [-0.2, 0) is 16.8 Å². The smallest absolute Gasteiger partial charge is 0.142 e. The Hall–Kier alpha value is -2.74. The molecule has 2 nitrogen and oxygen atoms in total. The Labute approximate surface area is 176 Å². The number of hydrogen-bond donors (Lipinski definition) is 0. The lowest BCUT2D eigenvalue weighted by Gasteiger charge is -2.34. The third-order valence-corrected chi connectivity index (χ3v) is 5.88. The van der Waals surface area contributed by atoms with E-state index in [1.807, 2.05) is 18.2 Å². The van der Waals surface area contributed by atoms with Gasteiger partial charge in [0.25, 0.3) is 0 Å². The first kappa shape index (κ1) is 21.0. The molecule has 0 spiro atoms. The van der Waals surface area contributed by atoms with E-state index in [0.29, 0.717) is 6.61 Å². The van der Waals surface area contributed by atoms with Crippen LogP contribution in [0.4, 0.5) is 0 Å². The van der Waals surface area contributed by atoms with Crippen LogP contribution in [0.25, 0.3) is 0 Å². The highest BCUT2D eigenvalue weighted by Gasteiger charge is 2.36. The molecule has 29 heavy (non-hydrogen) atoms. The Kier molecular flexibility index (Phi) is 6.98. The Morgan fingerprint density at radius 1 is 1.10 bits per heavy atom. The molecule has 1 aliphatic rings. The Bertz CT molecular complexity index is 859. The number of nitrogens with zero attached hydrogens (tertiary/aromatic N) is 1. The minimum absolute atomic E-state index is 0.206. The monoisotopic (exact) mass is 387 g/mol. The van der Waals surface area contributed by atoms with Crippen molar-refractivity contribution in [3.8, 4) is 0 Å². The van der Waals surface area contributed by atoms with Crippen LogP contribution in [0.15, 0.2) is 91.4 Å². The molecule has 2 heteroatoms. The molecule has 0 bridgehead atoms. The first-order chi connectivity index (χ1) is 14.0. The summed E-state index contributed by atoms with van der Waals surface area (Å²) in [5.41, 5.74) is 4.95. The fraction of sp³-hybridized carbons (Fsp3) is 0.333. The highest BCUT2D eigenvalue weighted by atomic mass is 16.5. The van der Waals surface area contributed by atoms with E-state index in [0.717, 1.165) is 23.4 Å². The maximum absolute atomic E-state index is 6.12. The van der Waals surface area contributed by atoms with Gasteiger partial charge in [0.2, 0.25) is 0 Å². The number of ether oxygens (including phenoxy) is 1. The average Bonchev–Trinajstić information content (AvgIpc) is 3.21. The summed E-state index contributed by atoms with van der Waals surface area (Å²) in [5, 5.41) is 0. The van der Waals surface area contributed by atoms with Crippen LogP contribution in [0.2, 0.25) is 0 Å². The second kappa shape index (κ2) is 9.65. The van der Waals surface area contributed by atoms with Gasteiger partial charge >= 0.3 is 0 Å². The van der Waals surface area contributed by atoms with Crippen LogP contribution < -0.4 is 0 Å². The van der Waals surface area contributed by atoms with E-state index in [2.05, 4.69) is 74.6 Å². The van der Waals surface area contributed by atoms with Crippen molar-refractivity contribution in [1.29, 1.82) is 0 Å². The van der Waals surface area contributed by atoms with Crippen LogP contribution in [0.5, 0.6) is 0 Å². The van der Waals surface area contributed by atoms with Crippen molar-refractivity contribution in [1.82, 2.24) is 4.90 Å². The van der Waals surface area contributed by atoms with E-state index in [4.69, 9.17) is 4.74 Å². The third-order valence-electron chi connectivity index (χ3n) is 5.88. The molecule has 0 atom stereocenters. The summed E-state index contributed by atoms with van der Waals surface area (Å²) in [6.07, 6.45) is 8.90. The molecule has 0 saturated heterocycles. The van der Waals surface area contributed by atoms with Crippen molar-refractivity contribution in [2.45, 2.75) is 44.6 Å². The number of aryl methyl sites for hydroxylation is 1. The van der Waals surface area contributed by atoms with E-state index in [-0.39, 0.29) is 5.41 Å². The molecular formula is C27H33NO. The summed E-state index contributed by atoms with van der Waals surface area (Å²) in [6, 6.07) is 19.2. The van der Waals surface area contributed by atoms with Crippen molar-refractivity contribution in [2.75, 3.05) is 13.6 Å². The summed E-state index contributed by atoms with van der Waals surface area (Å²) in [5.74, 6) is 0.781. The molecule has 1 saturated carbocycles. The van der Waals surface area contributed by atoms with Crippen molar-refractivity contribution in [3.63, 3.8) is 0 Å². The quantitative estimate of drug-likeness (QED) is 0.358. The summed E-state index contributed by atoms with van der Waals surface area (Å²) >= 11 is 0. The largest absolute Gasteiger partial charge is 0.487 e. The molecule has 152 valence electrons. The van der Waals surface area contributed by atoms with Crippen molar-refractivity contribution in [2.24, 2.45) is 0 Å². The van der Waals surface area contributed by atoms with Crippen molar-refractivity contribution < 1.29 is 4.74 Å². The van der Waals surface area contributed by atoms with E-state index < -0.39 is 0 Å². The van der Waals surface area contributed by atoms with Crippen LogP contribution in [0, 0.1) is 6.92 Å². The highest BCUT2D eigenvalue weighted by Crippen LogP contribution is 2.42. The zero-order valence-corrected chi connectivity index (χ0v) is 17.9. The Balaban J connectivity index is 1.77. The molecule has 0 unspecified atom stereocenters. The highest BCUT2D eigenvalue weighted by molar-refractivity contribution is 5.33. The summed E-state index contributed by atoms with van der Waals surface area (Å²) in [4.78, 5) is 2.27. The van der Waals surface area contributed by atoms with Crippen LogP contribution in [0.1, 0.15) is 42.4 Å². The topological polar surface area (TPSA) is 12.5 Å². The van der Waals surface area contributed by atoms with Crippen molar-refractivity contribution in [3.05, 3.63) is 108 Å². The first-order valence-electron chi connectivity index (χ1n) is 10.5. The molecule has 2 aromatic rings. The number of hydrogen-bond acceptors (Lipinski definition) is 2. The molecule has 2 aromatic carbocycles. The van der Waals surface area contributed by atoms with Gasteiger partial charge in [0.15, 0.2) is 0 Å². The lowest BCUT2D eigenvalue weighted by Crippen LogP contribution is -2.35. The molecule has 0 N–H and O–H groups in total. The molecule has 0 amide bonds. The minimum Gasteiger partial charge on any atom is -0.487 e. The molecule has 0 radical (unpaired) electrons. The Morgan fingerprint density at radius 2 is 1.83 bits per heavy atom. The van der Waals surface area contributed by atoms with E-state index >= 15 is 0 Å². The van der Waals surface area contributed by atoms with Gasteiger partial charge in [0.05, 0.1) is 0 Å². The fourth-order valence-corrected chi connectivity index (χ4v) is 4.34. The maximum atomic E-state index is 6.12. The number of benzene rings is 2. The second-order valence-electron chi connectivity index (χ2n) is 8.27. The van der Waals surface area contributed by atoms with Crippen LogP contribution in [0.3, 0.4) is 0 Å². The molecule has 0 heterocycles. The molecule has 3 rings (SSSR count). The van der Waals surface area contributed by atoms with Crippen LogP contribution in [-0.4, -0.2) is 18.5 Å². The number of rotatable bonds is 9. The van der Waals surface area contributed by atoms with Gasteiger partial charge in [-0.25, -0.2) is 0 Å². The molecule has 0 aromatic heterocycles. The summed E-state index contributed by atoms with van der Waals surface area (Å²) < 4.78 is 6.12. The van der Waals surface area contributed by atoms with Crippen molar-refractivity contribution >= 4 is 0 Å². The van der Waals surface area contributed by atoms with Gasteiger partial charge in [-0.3, -0.25) is 0 Å². The predicted octanol–water partition coefficient (Wildman–Crippen LogP) is 6.54. The lowest BCUT2D eigenvalue weighted by atomic mass is 9.78. The van der Waals surface area contributed by atoms with Gasteiger partial charge < -0.3 is 9.64 Å². The van der Waals surface area contributed by atoms with Gasteiger partial charge in [-0.15, -0.1) is 0 Å². The van der Waals surface area contributed by atoms with Gasteiger partial charge in [-0.1, -0.05) is 92.2 Å². The number of allylic oxidation sites excluding steroid dienone is 1. The molecule has 0 aliphatic heterocycles. The predicted molar refractivity (Wildman–Crippen MR) is 123 cm³/mol. The maximum Gasteiger partial charge on any atom is 0.142 e. The normalized spacial score (nSPS) is 15.7. The average molecular weight is 388 g/mol. The zero-order valence-electron chi connectivity index (χ0n) is 17.9. The van der Waals surface area contributed by atoms with Gasteiger partial charge in [-0.05, 0) is 30.9 Å². The molecule has 1 fully saturated rings. The van der Waals surface area contributed by atoms with Gasteiger partial charge in [-0.2, -0.15) is 0 Å². The van der Waals surface area contributed by atoms with E-state index in [1.54, 1.807) is 6.08 Å². The number of likely N-dealkylation sites (N-methyl/N-ethyl adjacent to an activating group) is 1. The first-order valence-corrected chi connectivity index (χ1v) is 10.5. The zero-order chi connectivity index (χ0) is 20.7. The summed E-state index contributed by atoms with van der Waals surface area (Å²) in [6.45, 7) is 11.7. The minimum atomic E-state index is 0.206. The van der Waals surface area contributed by atoms with Crippen LogP contribution >= 0.6 is 0 Å². The van der Waals surface area contributed by atoms with Gasteiger partial charge in [0, 0.05) is 30.8 Å². The van der Waals surface area contributed by atoms with Gasteiger partial charge in [0.1, 0.15) is 12.4 Å². The standard InChI is InChI=1S/C27H33NO/c1-5-23(3)26(29-20-24-13-7-6-8-14-24)19-28(4)21-27(16-9-10-17-27)25-15-11-12-22(2)18-25/h5-8,11-15,18-19H,1,3,9-10,16-17,20-21H2,2,4H3. The summed E-state index contributed by atoms with van der Waals surface area (Å²) in [7, 11) is 2.14. The van der Waals surface area contributed by atoms with E-state index in [1.165, 1.54) is 36.8 Å². The third kappa shape index (κ3) is 5.41.